The molecule has 0 bridgehead atoms. The van der Waals surface area contributed by atoms with Crippen LogP contribution in [0.4, 0.5) is 17.1 Å². The van der Waals surface area contributed by atoms with E-state index < -0.39 is 18.2 Å². The van der Waals surface area contributed by atoms with Crippen molar-refractivity contribution in [3.05, 3.63) is 50.6 Å². The van der Waals surface area contributed by atoms with E-state index in [-0.39, 0.29) is 34.2 Å². The van der Waals surface area contributed by atoms with Crippen molar-refractivity contribution in [1.29, 1.82) is 0 Å². The minimum atomic E-state index is -2.15. The normalized spacial score (nSPS) is 13.9. The van der Waals surface area contributed by atoms with E-state index in [2.05, 4.69) is 80.8 Å². The van der Waals surface area contributed by atoms with Crippen LogP contribution in [0.25, 0.3) is 0 Å². The Labute approximate surface area is 256 Å². The lowest BCUT2D eigenvalue weighted by atomic mass is 10.0. The first-order chi connectivity index (χ1) is 18.8. The van der Waals surface area contributed by atoms with Gasteiger partial charge in [-0.05, 0) is 37.0 Å². The van der Waals surface area contributed by atoms with Crippen LogP contribution in [-0.2, 0) is 4.43 Å². The van der Waals surface area contributed by atoms with Crippen LogP contribution in [0, 0.1) is 20.2 Å². The fourth-order valence-corrected chi connectivity index (χ4v) is 6.24. The highest BCUT2D eigenvalue weighted by molar-refractivity contribution is 14.1. The SMILES string of the molecule is CCCCCCCCCCCCC/C=C\[C@@H](O[Si](C)(C)C(C)(C)C)[C@@H](CI)Nc1ccc([N+](=O)[O-])cc1[N+](=O)[O-]. The van der Waals surface area contributed by atoms with Crippen molar-refractivity contribution in [3.8, 4) is 0 Å². The number of benzene rings is 1. The maximum atomic E-state index is 11.7. The van der Waals surface area contributed by atoms with Crippen molar-refractivity contribution >= 4 is 48.0 Å². The predicted molar refractivity (Wildman–Crippen MR) is 178 cm³/mol. The lowest BCUT2D eigenvalue weighted by Gasteiger charge is -2.40. The number of nitro benzene ring substituents is 2. The molecule has 0 aliphatic heterocycles. The van der Waals surface area contributed by atoms with Gasteiger partial charge in [-0.3, -0.25) is 20.2 Å². The molecule has 10 heteroatoms. The summed E-state index contributed by atoms with van der Waals surface area (Å²) in [4.78, 5) is 21.7. The number of hydrogen-bond acceptors (Lipinski definition) is 6. The Morgan fingerprint density at radius 1 is 0.950 bits per heavy atom. The van der Waals surface area contributed by atoms with E-state index in [1.54, 1.807) is 0 Å². The number of anilines is 1. The second-order valence-electron chi connectivity index (χ2n) is 12.2. The van der Waals surface area contributed by atoms with Crippen LogP contribution in [0.1, 0.15) is 105 Å². The first-order valence-corrected chi connectivity index (χ1v) is 19.4. The van der Waals surface area contributed by atoms with Crippen molar-refractivity contribution in [2.45, 2.75) is 135 Å². The summed E-state index contributed by atoms with van der Waals surface area (Å²) in [6.45, 7) is 13.2. The molecule has 40 heavy (non-hydrogen) atoms. The highest BCUT2D eigenvalue weighted by Gasteiger charge is 2.40. The number of hydrogen-bond donors (Lipinski definition) is 1. The first-order valence-electron chi connectivity index (χ1n) is 14.9. The number of allylic oxidation sites excluding steroid dienone is 1. The van der Waals surface area contributed by atoms with Gasteiger partial charge in [0.2, 0.25) is 0 Å². The number of alkyl halides is 1. The van der Waals surface area contributed by atoms with Crippen LogP contribution in [0.3, 0.4) is 0 Å². The summed E-state index contributed by atoms with van der Waals surface area (Å²) in [5.74, 6) is 0. The maximum Gasteiger partial charge on any atom is 0.299 e. The van der Waals surface area contributed by atoms with Crippen LogP contribution in [0.2, 0.25) is 18.1 Å². The molecule has 0 unspecified atom stereocenters. The van der Waals surface area contributed by atoms with Crippen LogP contribution < -0.4 is 5.32 Å². The predicted octanol–water partition coefficient (Wildman–Crippen LogP) is 10.4. The minimum absolute atomic E-state index is 0.00424. The van der Waals surface area contributed by atoms with Crippen molar-refractivity contribution in [2.24, 2.45) is 0 Å². The van der Waals surface area contributed by atoms with Crippen molar-refractivity contribution in [2.75, 3.05) is 9.74 Å². The van der Waals surface area contributed by atoms with E-state index in [9.17, 15) is 20.2 Å². The lowest BCUT2D eigenvalue weighted by molar-refractivity contribution is -0.393. The molecule has 0 radical (unpaired) electrons. The standard InChI is InChI=1S/C30H52IN3O5Si/c1-7-8-9-10-11-12-13-14-15-16-17-18-19-20-29(39-40(5,6)30(2,3)4)27(24-31)32-26-22-21-25(33(35)36)23-28(26)34(37)38/h19-23,27,29,32H,7-18,24H2,1-6H3/b20-19-/t27-,29-/m1/s1. The van der Waals surface area contributed by atoms with Crippen molar-refractivity contribution in [3.63, 3.8) is 0 Å². The third-order valence-electron chi connectivity index (χ3n) is 7.83. The lowest BCUT2D eigenvalue weighted by Crippen LogP contribution is -2.48. The Morgan fingerprint density at radius 2 is 1.50 bits per heavy atom. The van der Waals surface area contributed by atoms with Gasteiger partial charge in [-0.15, -0.1) is 0 Å². The third-order valence-corrected chi connectivity index (χ3v) is 13.3. The Morgan fingerprint density at radius 3 is 1.98 bits per heavy atom. The number of unbranched alkanes of at least 4 members (excludes halogenated alkanes) is 11. The summed E-state index contributed by atoms with van der Waals surface area (Å²) in [5.41, 5.74) is -0.343. The highest BCUT2D eigenvalue weighted by atomic mass is 127. The molecule has 0 spiro atoms. The molecule has 0 saturated carbocycles. The molecular weight excluding hydrogens is 637 g/mol. The van der Waals surface area contributed by atoms with Gasteiger partial charge in [0.25, 0.3) is 11.4 Å². The van der Waals surface area contributed by atoms with Gasteiger partial charge in [0.1, 0.15) is 5.69 Å². The van der Waals surface area contributed by atoms with Gasteiger partial charge in [-0.25, -0.2) is 0 Å². The minimum Gasteiger partial charge on any atom is -0.408 e. The zero-order valence-electron chi connectivity index (χ0n) is 25.5. The Hall–Kier alpha value is -1.53. The molecule has 8 nitrogen and oxygen atoms in total. The summed E-state index contributed by atoms with van der Waals surface area (Å²) in [6, 6.07) is 3.50. The van der Waals surface area contributed by atoms with Crippen LogP contribution in [-0.4, -0.2) is 34.7 Å². The number of nitrogens with zero attached hydrogens (tertiary/aromatic N) is 2. The van der Waals surface area contributed by atoms with E-state index >= 15 is 0 Å². The number of nitrogens with one attached hydrogen (secondary N) is 1. The molecule has 0 amide bonds. The van der Waals surface area contributed by atoms with E-state index in [1.165, 1.54) is 76.3 Å². The Kier molecular flexibility index (Phi) is 17.2. The van der Waals surface area contributed by atoms with Crippen LogP contribution in [0.5, 0.6) is 0 Å². The van der Waals surface area contributed by atoms with Crippen LogP contribution >= 0.6 is 22.6 Å². The zero-order chi connectivity index (χ0) is 30.2. The molecular formula is C30H52IN3O5Si. The fraction of sp³-hybridized carbons (Fsp3) is 0.733. The molecule has 228 valence electrons. The van der Waals surface area contributed by atoms with Gasteiger partial charge < -0.3 is 9.74 Å². The molecule has 1 N–H and O–H groups in total. The van der Waals surface area contributed by atoms with Gasteiger partial charge in [-0.2, -0.15) is 0 Å². The number of nitro groups is 2. The zero-order valence-corrected chi connectivity index (χ0v) is 28.7. The molecule has 0 aliphatic rings. The number of non-ortho nitro benzene ring substituents is 1. The average Bonchev–Trinajstić information content (AvgIpc) is 2.88. The van der Waals surface area contributed by atoms with E-state index in [0.29, 0.717) is 4.43 Å². The summed E-state index contributed by atoms with van der Waals surface area (Å²) >= 11 is 2.27. The summed E-state index contributed by atoms with van der Waals surface area (Å²) in [5, 5.41) is 26.2. The molecule has 1 aromatic rings. The smallest absolute Gasteiger partial charge is 0.299 e. The topological polar surface area (TPSA) is 108 Å². The first kappa shape index (κ1) is 36.5. The van der Waals surface area contributed by atoms with E-state index in [4.69, 9.17) is 4.43 Å². The van der Waals surface area contributed by atoms with Crippen molar-refractivity contribution in [1.82, 2.24) is 0 Å². The third kappa shape index (κ3) is 13.4. The van der Waals surface area contributed by atoms with Gasteiger partial charge in [-0.1, -0.05) is 127 Å². The largest absolute Gasteiger partial charge is 0.408 e. The molecule has 1 aromatic carbocycles. The summed E-state index contributed by atoms with van der Waals surface area (Å²) < 4.78 is 7.45. The van der Waals surface area contributed by atoms with Gasteiger partial charge in [0.15, 0.2) is 8.32 Å². The number of halogens is 1. The van der Waals surface area contributed by atoms with Gasteiger partial charge in [0.05, 0.1) is 28.1 Å². The van der Waals surface area contributed by atoms with Gasteiger partial charge >= 0.3 is 0 Å². The molecule has 2 atom stereocenters. The fourth-order valence-electron chi connectivity index (χ4n) is 4.24. The van der Waals surface area contributed by atoms with Crippen molar-refractivity contribution < 1.29 is 14.3 Å². The second-order valence-corrected chi connectivity index (χ2v) is 17.9. The highest BCUT2D eigenvalue weighted by Crippen LogP contribution is 2.38. The second kappa shape index (κ2) is 18.8. The molecule has 1 rings (SSSR count). The molecule has 0 aliphatic carbocycles. The van der Waals surface area contributed by atoms with Crippen LogP contribution in [0.15, 0.2) is 30.4 Å². The summed E-state index contributed by atoms with van der Waals surface area (Å²) in [7, 11) is -2.15. The Balaban J connectivity index is 2.83. The van der Waals surface area contributed by atoms with Gasteiger partial charge in [0, 0.05) is 10.5 Å². The monoisotopic (exact) mass is 689 g/mol. The van der Waals surface area contributed by atoms with E-state index in [1.807, 2.05) is 0 Å². The summed E-state index contributed by atoms with van der Waals surface area (Å²) in [6.07, 6.45) is 19.4. The molecule has 0 saturated heterocycles. The number of rotatable bonds is 21. The average molecular weight is 690 g/mol. The Bertz CT molecular complexity index is 936. The maximum absolute atomic E-state index is 11.7. The molecule has 0 heterocycles. The van der Waals surface area contributed by atoms with E-state index in [0.717, 1.165) is 18.9 Å². The molecule has 0 fully saturated rings. The molecule has 0 aromatic heterocycles. The quantitative estimate of drug-likeness (QED) is 0.0262.